The van der Waals surface area contributed by atoms with E-state index < -0.39 is 15.6 Å². The normalized spacial score (nSPS) is 14.6. The van der Waals surface area contributed by atoms with Crippen molar-refractivity contribution in [1.82, 2.24) is 4.72 Å². The molecule has 1 rings (SSSR count). The van der Waals surface area contributed by atoms with Crippen LogP contribution in [0.4, 0.5) is 4.39 Å². The summed E-state index contributed by atoms with van der Waals surface area (Å²) in [5, 5.41) is 0. The van der Waals surface area contributed by atoms with Gasteiger partial charge in [-0.3, -0.25) is 0 Å². The molecule has 21 heavy (non-hydrogen) atoms. The van der Waals surface area contributed by atoms with Crippen LogP contribution in [0.5, 0.6) is 0 Å². The van der Waals surface area contributed by atoms with Gasteiger partial charge in [-0.25, -0.2) is 17.5 Å². The number of sulfonamides is 1. The summed E-state index contributed by atoms with van der Waals surface area (Å²) in [7, 11) is -3.52. The van der Waals surface area contributed by atoms with Crippen LogP contribution < -0.4 is 10.5 Å². The summed E-state index contributed by atoms with van der Waals surface area (Å²) < 4.78 is 39.8. The van der Waals surface area contributed by atoms with Crippen molar-refractivity contribution in [3.63, 3.8) is 0 Å². The van der Waals surface area contributed by atoms with Gasteiger partial charge in [0, 0.05) is 12.1 Å². The van der Waals surface area contributed by atoms with E-state index in [0.717, 1.165) is 0 Å². The number of nitrogens with two attached hydrogens (primary N) is 1. The SMILES string of the molecule is CC(C)CC(C)(CN)NS(=O)(=O)Cc1ccc(F)cc1.Cl. The number of halogens is 2. The van der Waals surface area contributed by atoms with E-state index in [9.17, 15) is 12.8 Å². The van der Waals surface area contributed by atoms with E-state index in [1.54, 1.807) is 6.92 Å². The minimum Gasteiger partial charge on any atom is -0.329 e. The molecule has 0 saturated carbocycles. The van der Waals surface area contributed by atoms with Crippen LogP contribution in [-0.2, 0) is 15.8 Å². The van der Waals surface area contributed by atoms with Crippen LogP contribution in [0.25, 0.3) is 0 Å². The first-order valence-electron chi connectivity index (χ1n) is 6.62. The predicted octanol–water partition coefficient (Wildman–Crippen LogP) is 2.43. The zero-order valence-electron chi connectivity index (χ0n) is 12.6. The second kappa shape index (κ2) is 8.08. The zero-order chi connectivity index (χ0) is 15.4. The quantitative estimate of drug-likeness (QED) is 0.802. The Balaban J connectivity index is 0.00000400. The molecule has 0 heterocycles. The van der Waals surface area contributed by atoms with Gasteiger partial charge in [0.2, 0.25) is 10.0 Å². The van der Waals surface area contributed by atoms with Crippen LogP contribution in [0.15, 0.2) is 24.3 Å². The molecule has 1 atom stereocenters. The van der Waals surface area contributed by atoms with Gasteiger partial charge >= 0.3 is 0 Å². The maximum atomic E-state index is 12.8. The minimum atomic E-state index is -3.52. The highest BCUT2D eigenvalue weighted by molar-refractivity contribution is 7.88. The summed E-state index contributed by atoms with van der Waals surface area (Å²) in [5.74, 6) is -0.233. The molecule has 3 N–H and O–H groups in total. The molecule has 0 spiro atoms. The van der Waals surface area contributed by atoms with Crippen LogP contribution in [0.3, 0.4) is 0 Å². The highest BCUT2D eigenvalue weighted by Gasteiger charge is 2.29. The summed E-state index contributed by atoms with van der Waals surface area (Å²) in [6.07, 6.45) is 0.659. The lowest BCUT2D eigenvalue weighted by Crippen LogP contribution is -2.52. The summed E-state index contributed by atoms with van der Waals surface area (Å²) in [6.45, 7) is 6.06. The van der Waals surface area contributed by atoms with Gasteiger partial charge in [-0.05, 0) is 37.0 Å². The molecule has 0 fully saturated rings. The van der Waals surface area contributed by atoms with Crippen molar-refractivity contribution in [3.05, 3.63) is 35.6 Å². The molecule has 0 aliphatic carbocycles. The van der Waals surface area contributed by atoms with E-state index in [-0.39, 0.29) is 30.5 Å². The van der Waals surface area contributed by atoms with Crippen molar-refractivity contribution < 1.29 is 12.8 Å². The van der Waals surface area contributed by atoms with Gasteiger partial charge in [-0.15, -0.1) is 12.4 Å². The van der Waals surface area contributed by atoms with Gasteiger partial charge in [0.1, 0.15) is 5.82 Å². The molecule has 122 valence electrons. The Morgan fingerprint density at radius 3 is 2.24 bits per heavy atom. The number of nitrogens with one attached hydrogen (secondary N) is 1. The minimum absolute atomic E-state index is 0. The van der Waals surface area contributed by atoms with E-state index in [4.69, 9.17) is 5.73 Å². The first kappa shape index (κ1) is 20.3. The van der Waals surface area contributed by atoms with Gasteiger partial charge < -0.3 is 5.73 Å². The lowest BCUT2D eigenvalue weighted by Gasteiger charge is -2.30. The monoisotopic (exact) mass is 338 g/mol. The fourth-order valence-electron chi connectivity index (χ4n) is 2.28. The highest BCUT2D eigenvalue weighted by atomic mass is 35.5. The van der Waals surface area contributed by atoms with Gasteiger partial charge in [0.15, 0.2) is 0 Å². The smallest absolute Gasteiger partial charge is 0.216 e. The molecule has 0 saturated heterocycles. The van der Waals surface area contributed by atoms with Crippen molar-refractivity contribution in [2.45, 2.75) is 38.5 Å². The highest BCUT2D eigenvalue weighted by Crippen LogP contribution is 2.18. The largest absolute Gasteiger partial charge is 0.329 e. The molecular weight excluding hydrogens is 315 g/mol. The second-order valence-electron chi connectivity index (χ2n) is 5.85. The van der Waals surface area contributed by atoms with Crippen molar-refractivity contribution in [2.75, 3.05) is 6.54 Å². The predicted molar refractivity (Wildman–Crippen MR) is 86.3 cm³/mol. The third kappa shape index (κ3) is 7.22. The van der Waals surface area contributed by atoms with Crippen LogP contribution >= 0.6 is 12.4 Å². The van der Waals surface area contributed by atoms with Crippen LogP contribution in [0.2, 0.25) is 0 Å². The molecule has 0 aliphatic rings. The molecule has 7 heteroatoms. The maximum Gasteiger partial charge on any atom is 0.216 e. The third-order valence-electron chi connectivity index (χ3n) is 2.98. The average Bonchev–Trinajstić information content (AvgIpc) is 2.30. The standard InChI is InChI=1S/C14H23FN2O2S.ClH/c1-11(2)8-14(3,10-16)17-20(18,19)9-12-4-6-13(15)7-5-12;/h4-7,11,17H,8-10,16H2,1-3H3;1H. The van der Waals surface area contributed by atoms with Gasteiger partial charge in [-0.1, -0.05) is 26.0 Å². The Kier molecular flexibility index (Phi) is 7.81. The van der Waals surface area contributed by atoms with E-state index in [1.807, 2.05) is 13.8 Å². The van der Waals surface area contributed by atoms with E-state index in [0.29, 0.717) is 17.9 Å². The summed E-state index contributed by atoms with van der Waals surface area (Å²) in [5.41, 5.74) is 5.58. The van der Waals surface area contributed by atoms with E-state index >= 15 is 0 Å². The van der Waals surface area contributed by atoms with Crippen LogP contribution in [0, 0.1) is 11.7 Å². The van der Waals surface area contributed by atoms with Crippen molar-refractivity contribution >= 4 is 22.4 Å². The van der Waals surface area contributed by atoms with E-state index in [1.165, 1.54) is 24.3 Å². The topological polar surface area (TPSA) is 72.2 Å². The van der Waals surface area contributed by atoms with Crippen molar-refractivity contribution in [1.29, 1.82) is 0 Å². The Hall–Kier alpha value is -0.690. The first-order valence-corrected chi connectivity index (χ1v) is 8.27. The number of hydrogen-bond acceptors (Lipinski definition) is 3. The molecule has 1 aromatic carbocycles. The maximum absolute atomic E-state index is 12.8. The summed E-state index contributed by atoms with van der Waals surface area (Å²) >= 11 is 0. The zero-order valence-corrected chi connectivity index (χ0v) is 14.2. The lowest BCUT2D eigenvalue weighted by molar-refractivity contribution is 0.344. The lowest BCUT2D eigenvalue weighted by atomic mass is 9.92. The molecule has 4 nitrogen and oxygen atoms in total. The summed E-state index contributed by atoms with van der Waals surface area (Å²) in [4.78, 5) is 0. The molecule has 1 aromatic rings. The molecule has 0 aliphatic heterocycles. The van der Waals surface area contributed by atoms with Crippen LogP contribution in [0.1, 0.15) is 32.8 Å². The van der Waals surface area contributed by atoms with Gasteiger partial charge in [-0.2, -0.15) is 0 Å². The fourth-order valence-corrected chi connectivity index (χ4v) is 3.90. The Morgan fingerprint density at radius 2 is 1.81 bits per heavy atom. The van der Waals surface area contributed by atoms with Gasteiger partial charge in [0.25, 0.3) is 0 Å². The molecule has 0 bridgehead atoms. The Bertz CT molecular complexity index is 534. The number of rotatable bonds is 7. The molecule has 0 radical (unpaired) electrons. The van der Waals surface area contributed by atoms with Crippen molar-refractivity contribution in [2.24, 2.45) is 11.7 Å². The number of hydrogen-bond donors (Lipinski definition) is 2. The second-order valence-corrected chi connectivity index (χ2v) is 7.57. The van der Waals surface area contributed by atoms with E-state index in [2.05, 4.69) is 4.72 Å². The van der Waals surface area contributed by atoms with Gasteiger partial charge in [0.05, 0.1) is 5.75 Å². The molecule has 1 unspecified atom stereocenters. The molecule has 0 amide bonds. The van der Waals surface area contributed by atoms with Crippen LogP contribution in [-0.4, -0.2) is 20.5 Å². The van der Waals surface area contributed by atoms with Crippen molar-refractivity contribution in [3.8, 4) is 0 Å². The average molecular weight is 339 g/mol. The Labute approximate surface area is 132 Å². The molecule has 0 aromatic heterocycles. The number of benzene rings is 1. The first-order chi connectivity index (χ1) is 9.16. The third-order valence-corrected chi connectivity index (χ3v) is 4.50. The Morgan fingerprint density at radius 1 is 1.29 bits per heavy atom. The fraction of sp³-hybridized carbons (Fsp3) is 0.571. The molecular formula is C14H24ClFN2O2S. The summed E-state index contributed by atoms with van der Waals surface area (Å²) in [6, 6.07) is 5.44.